The normalized spacial score (nSPS) is 16.4. The number of aromatic nitrogens is 4. The van der Waals surface area contributed by atoms with Gasteiger partial charge in [-0.3, -0.25) is 0 Å². The molecule has 3 aromatic rings. The molecule has 0 saturated carbocycles. The molecule has 164 valence electrons. The van der Waals surface area contributed by atoms with Crippen LogP contribution in [0.2, 0.25) is 0 Å². The van der Waals surface area contributed by atoms with E-state index in [9.17, 15) is 4.39 Å². The molecule has 1 fully saturated rings. The molecule has 0 bridgehead atoms. The maximum absolute atomic E-state index is 13.3. The summed E-state index contributed by atoms with van der Waals surface area (Å²) in [6, 6.07) is 14.8. The summed E-state index contributed by atoms with van der Waals surface area (Å²) in [5, 5.41) is 12.8. The van der Waals surface area contributed by atoms with Crippen molar-refractivity contribution in [3.63, 3.8) is 0 Å². The van der Waals surface area contributed by atoms with Crippen LogP contribution in [0.4, 0.5) is 10.1 Å². The number of ether oxygens (including phenoxy) is 1. The van der Waals surface area contributed by atoms with E-state index in [1.54, 1.807) is 7.11 Å². The number of quaternary nitrogens is 1. The van der Waals surface area contributed by atoms with Crippen molar-refractivity contribution in [1.29, 1.82) is 0 Å². The Kier molecular flexibility index (Phi) is 5.91. The first-order valence-electron chi connectivity index (χ1n) is 10.7. The molecule has 8 heteroatoms. The number of nitrogens with one attached hydrogen (secondary N) is 1. The number of tetrazole rings is 1. The molecule has 0 radical (unpaired) electrons. The van der Waals surface area contributed by atoms with Crippen molar-refractivity contribution in [2.24, 2.45) is 0 Å². The molecule has 2 heterocycles. The zero-order chi connectivity index (χ0) is 22.0. The van der Waals surface area contributed by atoms with Gasteiger partial charge in [0.1, 0.15) is 11.6 Å². The Hall–Kier alpha value is -3.00. The van der Waals surface area contributed by atoms with Crippen molar-refractivity contribution >= 4 is 5.69 Å². The van der Waals surface area contributed by atoms with E-state index >= 15 is 0 Å². The van der Waals surface area contributed by atoms with Gasteiger partial charge < -0.3 is 14.5 Å². The lowest BCUT2D eigenvalue weighted by molar-refractivity contribution is -0.927. The molecular weight excluding hydrogens is 395 g/mol. The Bertz CT molecular complexity index is 1010. The number of anilines is 1. The van der Waals surface area contributed by atoms with Gasteiger partial charge in [-0.15, -0.1) is 5.10 Å². The lowest BCUT2D eigenvalue weighted by Crippen LogP contribution is -3.15. The summed E-state index contributed by atoms with van der Waals surface area (Å²) >= 11 is 0. The Morgan fingerprint density at radius 3 is 2.35 bits per heavy atom. The monoisotopic (exact) mass is 425 g/mol. The number of methoxy groups -OCH3 is 1. The number of hydrogen-bond donors (Lipinski definition) is 1. The topological polar surface area (TPSA) is 60.5 Å². The second-order valence-electron chi connectivity index (χ2n) is 8.92. The van der Waals surface area contributed by atoms with E-state index in [1.807, 2.05) is 35.0 Å². The van der Waals surface area contributed by atoms with Crippen molar-refractivity contribution in [1.82, 2.24) is 20.2 Å². The summed E-state index contributed by atoms with van der Waals surface area (Å²) in [5.74, 6) is 1.46. The van der Waals surface area contributed by atoms with Gasteiger partial charge in [-0.05, 0) is 67.6 Å². The molecule has 4 rings (SSSR count). The van der Waals surface area contributed by atoms with Gasteiger partial charge in [0.2, 0.25) is 5.82 Å². The molecule has 1 atom stereocenters. The number of hydrogen-bond acceptors (Lipinski definition) is 5. The highest BCUT2D eigenvalue weighted by molar-refractivity contribution is 5.46. The van der Waals surface area contributed by atoms with E-state index in [0.29, 0.717) is 0 Å². The Morgan fingerprint density at radius 1 is 1.03 bits per heavy atom. The fourth-order valence-corrected chi connectivity index (χ4v) is 4.29. The van der Waals surface area contributed by atoms with Crippen LogP contribution in [0.3, 0.4) is 0 Å². The summed E-state index contributed by atoms with van der Waals surface area (Å²) in [6.45, 7) is 9.84. The highest BCUT2D eigenvalue weighted by Crippen LogP contribution is 2.29. The third-order valence-corrected chi connectivity index (χ3v) is 5.84. The Morgan fingerprint density at radius 2 is 1.71 bits per heavy atom. The molecule has 2 aromatic carbocycles. The van der Waals surface area contributed by atoms with Gasteiger partial charge in [0.25, 0.3) is 0 Å². The van der Waals surface area contributed by atoms with Gasteiger partial charge >= 0.3 is 0 Å². The Labute approximate surface area is 182 Å². The van der Waals surface area contributed by atoms with Gasteiger partial charge in [0.05, 0.1) is 44.4 Å². The minimum Gasteiger partial charge on any atom is -0.496 e. The van der Waals surface area contributed by atoms with Crippen LogP contribution >= 0.6 is 0 Å². The molecule has 0 aliphatic carbocycles. The fourth-order valence-electron chi connectivity index (χ4n) is 4.29. The largest absolute Gasteiger partial charge is 0.496 e. The standard InChI is InChI=1S/C23H29FN6O/c1-23(2,3)30-22(25-26-27-30)21(19-7-5-6-8-20(19)31-4)29-15-13-28(14-16-29)18-11-9-17(24)10-12-18/h5-12,21H,13-16H2,1-4H3/p+1/t21-/m0/s1. The zero-order valence-electron chi connectivity index (χ0n) is 18.5. The van der Waals surface area contributed by atoms with Crippen molar-refractivity contribution < 1.29 is 14.0 Å². The first-order valence-corrected chi connectivity index (χ1v) is 10.7. The maximum Gasteiger partial charge on any atom is 0.214 e. The van der Waals surface area contributed by atoms with Crippen molar-refractivity contribution in [2.75, 3.05) is 38.2 Å². The average molecular weight is 426 g/mol. The number of halogens is 1. The molecule has 0 amide bonds. The fraction of sp³-hybridized carbons (Fsp3) is 0.435. The van der Waals surface area contributed by atoms with Crippen LogP contribution in [-0.2, 0) is 5.54 Å². The second kappa shape index (κ2) is 8.63. The average Bonchev–Trinajstić information content (AvgIpc) is 3.26. The third kappa shape index (κ3) is 4.39. The predicted octanol–water partition coefficient (Wildman–Crippen LogP) is 2.07. The summed E-state index contributed by atoms with van der Waals surface area (Å²) in [5.41, 5.74) is 1.89. The third-order valence-electron chi connectivity index (χ3n) is 5.84. The summed E-state index contributed by atoms with van der Waals surface area (Å²) < 4.78 is 20.9. The van der Waals surface area contributed by atoms with E-state index in [2.05, 4.69) is 47.3 Å². The number of piperazine rings is 1. The van der Waals surface area contributed by atoms with Crippen LogP contribution in [0.5, 0.6) is 5.75 Å². The van der Waals surface area contributed by atoms with Gasteiger partial charge in [-0.2, -0.15) is 0 Å². The number of nitrogens with zero attached hydrogens (tertiary/aromatic N) is 5. The van der Waals surface area contributed by atoms with E-state index in [-0.39, 0.29) is 17.4 Å². The highest BCUT2D eigenvalue weighted by Gasteiger charge is 2.37. The molecule has 7 nitrogen and oxygen atoms in total. The van der Waals surface area contributed by atoms with Crippen molar-refractivity contribution in [3.05, 3.63) is 65.7 Å². The summed E-state index contributed by atoms with van der Waals surface area (Å²) in [6.07, 6.45) is 0. The number of rotatable bonds is 5. The first kappa shape index (κ1) is 21.2. The molecule has 1 aliphatic heterocycles. The van der Waals surface area contributed by atoms with Gasteiger partial charge in [0.15, 0.2) is 6.04 Å². The molecule has 0 spiro atoms. The molecule has 1 N–H and O–H groups in total. The smallest absolute Gasteiger partial charge is 0.214 e. The highest BCUT2D eigenvalue weighted by atomic mass is 19.1. The lowest BCUT2D eigenvalue weighted by atomic mass is 10.0. The lowest BCUT2D eigenvalue weighted by Gasteiger charge is -2.38. The number of para-hydroxylation sites is 1. The zero-order valence-corrected chi connectivity index (χ0v) is 18.5. The van der Waals surface area contributed by atoms with Crippen molar-refractivity contribution in [3.8, 4) is 5.75 Å². The number of benzene rings is 2. The van der Waals surface area contributed by atoms with Crippen LogP contribution in [0.1, 0.15) is 38.2 Å². The van der Waals surface area contributed by atoms with Gasteiger partial charge in [0, 0.05) is 5.69 Å². The minimum absolute atomic E-state index is 0.0549. The van der Waals surface area contributed by atoms with Gasteiger partial charge in [-0.25, -0.2) is 9.07 Å². The van der Waals surface area contributed by atoms with Crippen LogP contribution in [0, 0.1) is 5.82 Å². The van der Waals surface area contributed by atoms with E-state index in [0.717, 1.165) is 49.0 Å². The Balaban J connectivity index is 1.66. The molecule has 1 aliphatic rings. The van der Waals surface area contributed by atoms with Crippen LogP contribution in [0.15, 0.2) is 48.5 Å². The van der Waals surface area contributed by atoms with Gasteiger partial charge in [-0.1, -0.05) is 12.1 Å². The molecule has 1 saturated heterocycles. The quantitative estimate of drug-likeness (QED) is 0.678. The molecular formula is C23H30FN6O+. The van der Waals surface area contributed by atoms with Crippen LogP contribution < -0.4 is 14.5 Å². The van der Waals surface area contributed by atoms with Crippen LogP contribution in [0.25, 0.3) is 0 Å². The van der Waals surface area contributed by atoms with E-state index in [1.165, 1.54) is 17.0 Å². The SMILES string of the molecule is COc1ccccc1[C@@H](c1nnnn1C(C)(C)C)[NH+]1CCN(c2ccc(F)cc2)CC1. The molecule has 0 unspecified atom stereocenters. The second-order valence-corrected chi connectivity index (χ2v) is 8.92. The first-order chi connectivity index (χ1) is 14.9. The minimum atomic E-state index is -0.242. The van der Waals surface area contributed by atoms with Crippen molar-refractivity contribution in [2.45, 2.75) is 32.4 Å². The van der Waals surface area contributed by atoms with Crippen LogP contribution in [-0.4, -0.2) is 53.5 Å². The predicted molar refractivity (Wildman–Crippen MR) is 117 cm³/mol. The summed E-state index contributed by atoms with van der Waals surface area (Å²) in [4.78, 5) is 3.68. The summed E-state index contributed by atoms with van der Waals surface area (Å²) in [7, 11) is 1.70. The van der Waals surface area contributed by atoms with E-state index in [4.69, 9.17) is 4.74 Å². The van der Waals surface area contributed by atoms with E-state index < -0.39 is 0 Å². The molecule has 31 heavy (non-hydrogen) atoms. The maximum atomic E-state index is 13.3. The molecule has 1 aromatic heterocycles.